The molecule has 3 heteroatoms. The maximum absolute atomic E-state index is 12.6. The van der Waals surface area contributed by atoms with Gasteiger partial charge in [-0.1, -0.05) is 94.4 Å². The highest BCUT2D eigenvalue weighted by molar-refractivity contribution is 7.06. The lowest BCUT2D eigenvalue weighted by atomic mass is 10.1. The van der Waals surface area contributed by atoms with Gasteiger partial charge in [-0.15, -0.1) is 0 Å². The van der Waals surface area contributed by atoms with Crippen LogP contribution >= 0.6 is 11.6 Å². The van der Waals surface area contributed by atoms with Crippen molar-refractivity contribution in [1.29, 1.82) is 0 Å². The normalized spacial score (nSPS) is 11.6. The van der Waals surface area contributed by atoms with E-state index < -0.39 is 8.07 Å². The molecule has 0 spiro atoms. The fraction of sp³-hybridized carbons (Fsp3) is 0.588. The largest absolute Gasteiger partial charge is 0.300 e. The van der Waals surface area contributed by atoms with E-state index in [1.165, 1.54) is 38.5 Å². The first-order valence-corrected chi connectivity index (χ1v) is 11.4. The Morgan fingerprint density at radius 1 is 1.05 bits per heavy atom. The molecule has 0 aliphatic heterocycles. The summed E-state index contributed by atoms with van der Waals surface area (Å²) in [6.45, 7) is 6.58. The van der Waals surface area contributed by atoms with Gasteiger partial charge in [-0.05, 0) is 6.07 Å². The van der Waals surface area contributed by atoms with Crippen molar-refractivity contribution in [1.82, 2.24) is 0 Å². The van der Waals surface area contributed by atoms with Crippen molar-refractivity contribution in [2.75, 3.05) is 0 Å². The van der Waals surface area contributed by atoms with E-state index >= 15 is 0 Å². The van der Waals surface area contributed by atoms with Gasteiger partial charge in [-0.3, -0.25) is 0 Å². The maximum atomic E-state index is 12.6. The summed E-state index contributed by atoms with van der Waals surface area (Å²) in [7, 11) is -1.87. The third-order valence-corrected chi connectivity index (χ3v) is 7.32. The summed E-state index contributed by atoms with van der Waals surface area (Å²) in [6.07, 6.45) is 7.69. The molecule has 0 saturated carbocycles. The van der Waals surface area contributed by atoms with Crippen LogP contribution in [0.25, 0.3) is 0 Å². The highest BCUT2D eigenvalue weighted by Gasteiger charge is 2.31. The molecule has 0 aromatic heterocycles. The van der Waals surface area contributed by atoms with E-state index in [4.69, 9.17) is 11.6 Å². The van der Waals surface area contributed by atoms with Gasteiger partial charge in [0.25, 0.3) is 0 Å². The van der Waals surface area contributed by atoms with Gasteiger partial charge in [0.05, 0.1) is 5.02 Å². The smallest absolute Gasteiger partial charge is 0.141 e. The van der Waals surface area contributed by atoms with Crippen LogP contribution in [0.4, 0.5) is 0 Å². The Hall–Kier alpha value is -0.603. The molecule has 1 nitrogen and oxygen atoms in total. The van der Waals surface area contributed by atoms with Crippen LogP contribution in [0.5, 0.6) is 0 Å². The van der Waals surface area contributed by atoms with Crippen molar-refractivity contribution in [2.45, 2.75) is 64.6 Å². The first-order valence-electron chi connectivity index (χ1n) is 7.78. The van der Waals surface area contributed by atoms with E-state index in [0.717, 1.165) is 11.6 Å². The van der Waals surface area contributed by atoms with Crippen LogP contribution in [-0.4, -0.2) is 13.5 Å². The lowest BCUT2D eigenvalue weighted by Gasteiger charge is -2.21. The van der Waals surface area contributed by atoms with E-state index in [1.54, 1.807) is 0 Å². The molecule has 1 aromatic rings. The minimum absolute atomic E-state index is 0.302. The number of hydrogen-bond acceptors (Lipinski definition) is 1. The molecule has 0 atom stereocenters. The fourth-order valence-corrected chi connectivity index (χ4v) is 5.08. The third kappa shape index (κ3) is 5.41. The summed E-state index contributed by atoms with van der Waals surface area (Å²) in [4.78, 5) is 12.6. The summed E-state index contributed by atoms with van der Waals surface area (Å²) in [5.74, 6) is 0. The highest BCUT2D eigenvalue weighted by Crippen LogP contribution is 2.24. The zero-order chi connectivity index (χ0) is 15.0. The Balaban J connectivity index is 2.47. The number of hydrogen-bond donors (Lipinski definition) is 0. The zero-order valence-corrected chi connectivity index (χ0v) is 14.8. The highest BCUT2D eigenvalue weighted by atomic mass is 35.5. The van der Waals surface area contributed by atoms with Crippen molar-refractivity contribution < 1.29 is 4.79 Å². The Labute approximate surface area is 129 Å². The van der Waals surface area contributed by atoms with E-state index in [9.17, 15) is 4.79 Å². The molecule has 0 N–H and O–H groups in total. The molecule has 20 heavy (non-hydrogen) atoms. The monoisotopic (exact) mass is 310 g/mol. The molecule has 0 fully saturated rings. The lowest BCUT2D eigenvalue weighted by molar-refractivity contribution is 0.106. The summed E-state index contributed by atoms with van der Waals surface area (Å²) >= 11 is 6.15. The molecule has 0 aliphatic rings. The summed E-state index contributed by atoms with van der Waals surface area (Å²) in [6, 6.07) is 8.52. The van der Waals surface area contributed by atoms with E-state index in [1.807, 2.05) is 24.3 Å². The molecule has 1 rings (SSSR count). The van der Waals surface area contributed by atoms with Gasteiger partial charge in [0.1, 0.15) is 13.5 Å². The van der Waals surface area contributed by atoms with Crippen LogP contribution in [0.2, 0.25) is 24.2 Å². The molecule has 0 saturated heterocycles. The summed E-state index contributed by atoms with van der Waals surface area (Å²) in [5, 5.41) is 0.901. The van der Waals surface area contributed by atoms with Crippen LogP contribution < -0.4 is 0 Å². The zero-order valence-electron chi connectivity index (χ0n) is 13.0. The minimum Gasteiger partial charge on any atom is -0.300 e. The topological polar surface area (TPSA) is 17.1 Å². The molecule has 0 aliphatic carbocycles. The number of carbonyl (C=O) groups excluding carboxylic acids is 1. The molecule has 0 bridgehead atoms. The number of halogens is 1. The molecule has 0 amide bonds. The molecule has 1 aromatic carbocycles. The van der Waals surface area contributed by atoms with Gasteiger partial charge >= 0.3 is 0 Å². The first kappa shape index (κ1) is 17.4. The van der Waals surface area contributed by atoms with Gasteiger partial charge in [0.15, 0.2) is 0 Å². The van der Waals surface area contributed by atoms with Crippen molar-refractivity contribution in [3.8, 4) is 0 Å². The first-order chi connectivity index (χ1) is 9.49. The lowest BCUT2D eigenvalue weighted by Crippen LogP contribution is -2.37. The Kier molecular flexibility index (Phi) is 7.53. The molecule has 0 radical (unpaired) electrons. The van der Waals surface area contributed by atoms with Gasteiger partial charge in [0.2, 0.25) is 0 Å². The van der Waals surface area contributed by atoms with Gasteiger partial charge < -0.3 is 4.79 Å². The van der Waals surface area contributed by atoms with Crippen molar-refractivity contribution in [2.24, 2.45) is 0 Å². The average molecular weight is 311 g/mol. The second kappa shape index (κ2) is 8.63. The second-order valence-electron chi connectivity index (χ2n) is 6.21. The average Bonchev–Trinajstić information content (AvgIpc) is 2.42. The minimum atomic E-state index is -1.87. The third-order valence-electron chi connectivity index (χ3n) is 3.89. The summed E-state index contributed by atoms with van der Waals surface area (Å²) < 4.78 is 0. The molecular formula is C17H27ClOSi. The van der Waals surface area contributed by atoms with Crippen LogP contribution in [0.3, 0.4) is 0 Å². The number of benzene rings is 1. The molecular weight excluding hydrogens is 284 g/mol. The van der Waals surface area contributed by atoms with Crippen molar-refractivity contribution in [3.05, 3.63) is 34.9 Å². The second-order valence-corrected chi connectivity index (χ2v) is 11.3. The SMILES string of the molecule is CCCCCCCC[Si](C)(C)C(=O)c1ccccc1Cl. The maximum Gasteiger partial charge on any atom is 0.141 e. The van der Waals surface area contributed by atoms with E-state index in [2.05, 4.69) is 20.0 Å². The van der Waals surface area contributed by atoms with Gasteiger partial charge in [-0.25, -0.2) is 0 Å². The van der Waals surface area contributed by atoms with Gasteiger partial charge in [-0.2, -0.15) is 0 Å². The summed E-state index contributed by atoms with van der Waals surface area (Å²) in [5.41, 5.74) is 0.719. The fourth-order valence-electron chi connectivity index (χ4n) is 2.47. The number of carbonyl (C=O) groups is 1. The quantitative estimate of drug-likeness (QED) is 0.396. The molecule has 112 valence electrons. The number of unbranched alkanes of at least 4 members (excludes halogenated alkanes) is 5. The molecule has 0 heterocycles. The van der Waals surface area contributed by atoms with Crippen LogP contribution in [0, 0.1) is 0 Å². The van der Waals surface area contributed by atoms with Crippen molar-refractivity contribution >= 4 is 25.1 Å². The van der Waals surface area contributed by atoms with E-state index in [0.29, 0.717) is 10.4 Å². The van der Waals surface area contributed by atoms with Crippen LogP contribution in [-0.2, 0) is 0 Å². The van der Waals surface area contributed by atoms with Crippen LogP contribution in [0.15, 0.2) is 24.3 Å². The molecule has 0 unspecified atom stereocenters. The van der Waals surface area contributed by atoms with Crippen molar-refractivity contribution in [3.63, 3.8) is 0 Å². The predicted molar refractivity (Wildman–Crippen MR) is 91.4 cm³/mol. The Bertz CT molecular complexity index is 429. The number of rotatable bonds is 9. The predicted octanol–water partition coefficient (Wildman–Crippen LogP) is 6.13. The van der Waals surface area contributed by atoms with Crippen LogP contribution in [0.1, 0.15) is 55.8 Å². The van der Waals surface area contributed by atoms with Gasteiger partial charge in [0, 0.05) is 5.56 Å². The Morgan fingerprint density at radius 3 is 2.30 bits per heavy atom. The Morgan fingerprint density at radius 2 is 1.65 bits per heavy atom. The standard InChI is InChI=1S/C17H27ClOSi/c1-4-5-6-7-8-11-14-20(2,3)17(19)15-12-9-10-13-16(15)18/h9-10,12-13H,4-8,11,14H2,1-3H3. The van der Waals surface area contributed by atoms with E-state index in [-0.39, 0.29) is 0 Å².